The highest BCUT2D eigenvalue weighted by atomic mass is 35.5. The highest BCUT2D eigenvalue weighted by molar-refractivity contribution is 6.30. The number of nitrogens with zero attached hydrogens (tertiary/aromatic N) is 2. The van der Waals surface area contributed by atoms with E-state index in [0.717, 1.165) is 5.56 Å². The summed E-state index contributed by atoms with van der Waals surface area (Å²) in [5, 5.41) is 18.1. The number of carbonyl (C=O) groups is 2. The van der Waals surface area contributed by atoms with E-state index >= 15 is 0 Å². The topological polar surface area (TPSA) is 108 Å². The van der Waals surface area contributed by atoms with E-state index in [1.807, 2.05) is 0 Å². The Labute approximate surface area is 153 Å². The van der Waals surface area contributed by atoms with Gasteiger partial charge in [-0.25, -0.2) is 0 Å². The lowest BCUT2D eigenvalue weighted by molar-refractivity contribution is -0.254. The maximum Gasteiger partial charge on any atom is 0.227 e. The highest BCUT2D eigenvalue weighted by Crippen LogP contribution is 2.19. The Morgan fingerprint density at radius 2 is 1.85 bits per heavy atom. The van der Waals surface area contributed by atoms with Crippen molar-refractivity contribution in [3.05, 3.63) is 65.0 Å². The molecule has 0 fully saturated rings. The first-order valence-electron chi connectivity index (χ1n) is 7.71. The van der Waals surface area contributed by atoms with Crippen LogP contribution in [-0.2, 0) is 11.2 Å². The zero-order valence-electron chi connectivity index (χ0n) is 13.4. The minimum Gasteiger partial charge on any atom is -0.545 e. The molecular weight excluding hydrogens is 358 g/mol. The fourth-order valence-corrected chi connectivity index (χ4v) is 2.40. The summed E-state index contributed by atoms with van der Waals surface area (Å²) in [5.41, 5.74) is 0.852. The van der Waals surface area contributed by atoms with Crippen molar-refractivity contribution in [2.75, 3.05) is 5.32 Å². The zero-order chi connectivity index (χ0) is 18.5. The lowest BCUT2D eigenvalue weighted by Gasteiger charge is -2.10. The van der Waals surface area contributed by atoms with E-state index in [0.29, 0.717) is 16.7 Å². The van der Waals surface area contributed by atoms with E-state index < -0.39 is 5.97 Å². The summed E-state index contributed by atoms with van der Waals surface area (Å²) in [7, 11) is 0. The molecule has 0 radical (unpaired) electrons. The summed E-state index contributed by atoms with van der Waals surface area (Å²) in [6.45, 7) is 0. The van der Waals surface area contributed by atoms with E-state index in [-0.39, 0.29) is 30.0 Å². The summed E-state index contributed by atoms with van der Waals surface area (Å²) < 4.78 is 5.13. The average Bonchev–Trinajstić information content (AvgIpc) is 3.10. The number of carboxylic acid groups (broad SMARTS) is 1. The number of hydrogen-bond donors (Lipinski definition) is 1. The molecule has 1 heterocycles. The van der Waals surface area contributed by atoms with Crippen molar-refractivity contribution in [1.29, 1.82) is 0 Å². The normalized spacial score (nSPS) is 10.5. The number of para-hydroxylation sites is 1. The predicted octanol–water partition coefficient (Wildman–Crippen LogP) is 2.32. The first-order chi connectivity index (χ1) is 12.5. The third-order valence-corrected chi connectivity index (χ3v) is 3.81. The smallest absolute Gasteiger partial charge is 0.227 e. The van der Waals surface area contributed by atoms with Gasteiger partial charge in [-0.1, -0.05) is 35.0 Å². The van der Waals surface area contributed by atoms with Gasteiger partial charge >= 0.3 is 0 Å². The van der Waals surface area contributed by atoms with Crippen LogP contribution in [0.4, 0.5) is 5.69 Å². The highest BCUT2D eigenvalue weighted by Gasteiger charge is 2.12. The molecule has 0 bridgehead atoms. The molecule has 0 aliphatic heterocycles. The van der Waals surface area contributed by atoms with Crippen molar-refractivity contribution in [3.63, 3.8) is 0 Å². The number of amides is 1. The molecule has 0 saturated carbocycles. The standard InChI is InChI=1S/C18H14ClN3O4/c19-12-7-5-11(6-8-12)17-21-16(26-22-17)10-9-15(23)20-14-4-2-1-3-13(14)18(24)25/h1-8H,9-10H2,(H,20,23)(H,24,25)/p-1. The van der Waals surface area contributed by atoms with E-state index in [2.05, 4.69) is 15.5 Å². The molecule has 0 aliphatic carbocycles. The lowest BCUT2D eigenvalue weighted by atomic mass is 10.1. The predicted molar refractivity (Wildman–Crippen MR) is 92.5 cm³/mol. The third kappa shape index (κ3) is 4.25. The Kier molecular flexibility index (Phi) is 5.28. The summed E-state index contributed by atoms with van der Waals surface area (Å²) in [4.78, 5) is 27.3. The van der Waals surface area contributed by atoms with Crippen molar-refractivity contribution in [2.45, 2.75) is 12.8 Å². The van der Waals surface area contributed by atoms with Crippen molar-refractivity contribution in [2.24, 2.45) is 0 Å². The molecule has 3 rings (SSSR count). The molecule has 1 aromatic heterocycles. The van der Waals surface area contributed by atoms with Crippen LogP contribution >= 0.6 is 11.6 Å². The molecule has 0 spiro atoms. The van der Waals surface area contributed by atoms with Gasteiger partial charge in [0.2, 0.25) is 17.6 Å². The van der Waals surface area contributed by atoms with Crippen LogP contribution in [0.5, 0.6) is 0 Å². The molecule has 132 valence electrons. The van der Waals surface area contributed by atoms with Crippen LogP contribution < -0.4 is 10.4 Å². The molecule has 1 N–H and O–H groups in total. The van der Waals surface area contributed by atoms with Crippen LogP contribution in [0.1, 0.15) is 22.7 Å². The fourth-order valence-electron chi connectivity index (χ4n) is 2.28. The van der Waals surface area contributed by atoms with Gasteiger partial charge in [0, 0.05) is 34.7 Å². The van der Waals surface area contributed by atoms with E-state index in [1.165, 1.54) is 12.1 Å². The molecule has 7 nitrogen and oxygen atoms in total. The van der Waals surface area contributed by atoms with Gasteiger partial charge in [0.15, 0.2) is 0 Å². The molecule has 3 aromatic rings. The number of aromatic nitrogens is 2. The Hall–Kier alpha value is -3.19. The van der Waals surface area contributed by atoms with Crippen LogP contribution in [0, 0.1) is 0 Å². The number of benzene rings is 2. The quantitative estimate of drug-likeness (QED) is 0.713. The van der Waals surface area contributed by atoms with Gasteiger partial charge in [-0.2, -0.15) is 4.98 Å². The number of aryl methyl sites for hydroxylation is 1. The van der Waals surface area contributed by atoms with Crippen molar-refractivity contribution in [3.8, 4) is 11.4 Å². The number of carbonyl (C=O) groups excluding carboxylic acids is 2. The second-order valence-electron chi connectivity index (χ2n) is 5.40. The zero-order valence-corrected chi connectivity index (χ0v) is 14.2. The second kappa shape index (κ2) is 7.79. The minimum atomic E-state index is -1.36. The third-order valence-electron chi connectivity index (χ3n) is 3.56. The van der Waals surface area contributed by atoms with E-state index in [4.69, 9.17) is 16.1 Å². The number of carboxylic acids is 1. The molecule has 8 heteroatoms. The molecule has 0 atom stereocenters. The van der Waals surface area contributed by atoms with Gasteiger partial charge in [0.05, 0.1) is 5.97 Å². The number of halogens is 1. The molecule has 1 amide bonds. The Morgan fingerprint density at radius 3 is 2.58 bits per heavy atom. The van der Waals surface area contributed by atoms with Crippen LogP contribution in [0.15, 0.2) is 53.1 Å². The molecular formula is C18H13ClN3O4-. The molecule has 0 unspecified atom stereocenters. The summed E-state index contributed by atoms with van der Waals surface area (Å²) in [5.74, 6) is -1.02. The first-order valence-corrected chi connectivity index (χ1v) is 8.09. The van der Waals surface area contributed by atoms with Gasteiger partial charge in [0.25, 0.3) is 0 Å². The molecule has 0 saturated heterocycles. The Morgan fingerprint density at radius 1 is 1.12 bits per heavy atom. The monoisotopic (exact) mass is 370 g/mol. The van der Waals surface area contributed by atoms with Crippen LogP contribution in [0.2, 0.25) is 5.02 Å². The number of nitrogens with one attached hydrogen (secondary N) is 1. The van der Waals surface area contributed by atoms with Gasteiger partial charge in [0.1, 0.15) is 0 Å². The van der Waals surface area contributed by atoms with E-state index in [1.54, 1.807) is 36.4 Å². The molecule has 26 heavy (non-hydrogen) atoms. The lowest BCUT2D eigenvalue weighted by Crippen LogP contribution is -2.24. The molecule has 0 aliphatic rings. The maximum atomic E-state index is 12.0. The van der Waals surface area contributed by atoms with Crippen molar-refractivity contribution < 1.29 is 19.2 Å². The SMILES string of the molecule is O=C(CCc1nc(-c2ccc(Cl)cc2)no1)Nc1ccccc1C(=O)[O-]. The minimum absolute atomic E-state index is 0.0592. The van der Waals surface area contributed by atoms with Gasteiger partial charge in [-0.05, 0) is 30.3 Å². The van der Waals surface area contributed by atoms with Gasteiger partial charge in [-0.15, -0.1) is 0 Å². The van der Waals surface area contributed by atoms with Crippen molar-refractivity contribution in [1.82, 2.24) is 10.1 Å². The Bertz CT molecular complexity index is 938. The largest absolute Gasteiger partial charge is 0.545 e. The number of hydrogen-bond acceptors (Lipinski definition) is 6. The summed E-state index contributed by atoms with van der Waals surface area (Å²) in [6.07, 6.45) is 0.281. The summed E-state index contributed by atoms with van der Waals surface area (Å²) >= 11 is 5.84. The van der Waals surface area contributed by atoms with Gasteiger partial charge < -0.3 is 19.7 Å². The van der Waals surface area contributed by atoms with Crippen LogP contribution in [0.25, 0.3) is 11.4 Å². The molecule has 2 aromatic carbocycles. The van der Waals surface area contributed by atoms with E-state index in [9.17, 15) is 14.7 Å². The number of rotatable bonds is 6. The fraction of sp³-hybridized carbons (Fsp3) is 0.111. The van der Waals surface area contributed by atoms with Crippen LogP contribution in [0.3, 0.4) is 0 Å². The first kappa shape index (κ1) is 17.6. The maximum absolute atomic E-state index is 12.0. The van der Waals surface area contributed by atoms with Crippen LogP contribution in [-0.4, -0.2) is 22.0 Å². The Balaban J connectivity index is 1.60. The number of anilines is 1. The summed E-state index contributed by atoms with van der Waals surface area (Å²) in [6, 6.07) is 13.0. The van der Waals surface area contributed by atoms with Crippen molar-refractivity contribution >= 4 is 29.2 Å². The number of aromatic carboxylic acids is 1. The average molecular weight is 371 g/mol. The van der Waals surface area contributed by atoms with Gasteiger partial charge in [-0.3, -0.25) is 4.79 Å². The second-order valence-corrected chi connectivity index (χ2v) is 5.84.